The van der Waals surface area contributed by atoms with Crippen LogP contribution in [0.25, 0.3) is 44.5 Å². The van der Waals surface area contributed by atoms with Gasteiger partial charge in [-0.1, -0.05) is 6.07 Å². The van der Waals surface area contributed by atoms with Gasteiger partial charge in [0, 0.05) is 29.3 Å². The van der Waals surface area contributed by atoms with Crippen LogP contribution in [-0.2, 0) is 13.1 Å². The first-order valence-corrected chi connectivity index (χ1v) is 10.4. The van der Waals surface area contributed by atoms with Crippen molar-refractivity contribution >= 4 is 22.3 Å². The molecule has 3 aromatic heterocycles. The molecule has 0 saturated heterocycles. The third kappa shape index (κ3) is 3.49. The number of imidazole rings is 1. The molecule has 0 unspecified atom stereocenters. The lowest BCUT2D eigenvalue weighted by Crippen LogP contribution is -2.18. The van der Waals surface area contributed by atoms with Crippen molar-refractivity contribution in [1.29, 1.82) is 0 Å². The number of rotatable bonds is 6. The van der Waals surface area contributed by atoms with Crippen molar-refractivity contribution in [2.24, 2.45) is 0 Å². The van der Waals surface area contributed by atoms with Gasteiger partial charge in [-0.25, -0.2) is 22.9 Å². The SMILES string of the molecule is CCn1cnc2c(-c3ccc(F)c(-c4cc5oc(=O)n(CC(F)F)c5cc4OC)c3)cnnc21. The molecular weight excluding hydrogens is 451 g/mol. The van der Waals surface area contributed by atoms with E-state index in [1.807, 2.05) is 11.5 Å². The van der Waals surface area contributed by atoms with Crippen LogP contribution in [0.1, 0.15) is 6.92 Å². The zero-order valence-corrected chi connectivity index (χ0v) is 18.1. The second kappa shape index (κ2) is 8.32. The second-order valence-electron chi connectivity index (χ2n) is 7.55. The molecule has 3 heterocycles. The fourth-order valence-corrected chi connectivity index (χ4v) is 3.99. The van der Waals surface area contributed by atoms with Crippen LogP contribution in [0, 0.1) is 5.82 Å². The summed E-state index contributed by atoms with van der Waals surface area (Å²) < 4.78 is 54.1. The molecule has 0 saturated carbocycles. The van der Waals surface area contributed by atoms with Crippen LogP contribution in [-0.4, -0.2) is 37.9 Å². The van der Waals surface area contributed by atoms with Crippen molar-refractivity contribution in [3.63, 3.8) is 0 Å². The van der Waals surface area contributed by atoms with Gasteiger partial charge in [-0.2, -0.15) is 5.10 Å². The summed E-state index contributed by atoms with van der Waals surface area (Å²) in [5, 5.41) is 8.21. The van der Waals surface area contributed by atoms with Gasteiger partial charge in [-0.05, 0) is 30.7 Å². The van der Waals surface area contributed by atoms with Gasteiger partial charge in [0.2, 0.25) is 0 Å². The summed E-state index contributed by atoms with van der Waals surface area (Å²) in [5.74, 6) is -1.28. The average Bonchev–Trinajstić information content (AvgIpc) is 3.38. The quantitative estimate of drug-likeness (QED) is 0.364. The van der Waals surface area contributed by atoms with Crippen LogP contribution in [0.4, 0.5) is 13.2 Å². The number of hydrogen-bond donors (Lipinski definition) is 0. The fraction of sp³-hybridized carbons (Fsp3) is 0.217. The Bertz CT molecular complexity index is 1590. The molecular formula is C23H18F3N5O3. The summed E-state index contributed by atoms with van der Waals surface area (Å²) in [5.41, 5.74) is 3.15. The van der Waals surface area contributed by atoms with Gasteiger partial charge >= 0.3 is 5.76 Å². The Morgan fingerprint density at radius 3 is 2.71 bits per heavy atom. The van der Waals surface area contributed by atoms with E-state index >= 15 is 4.39 Å². The number of aryl methyl sites for hydroxylation is 1. The Labute approximate surface area is 190 Å². The lowest BCUT2D eigenvalue weighted by atomic mass is 9.98. The molecule has 174 valence electrons. The van der Waals surface area contributed by atoms with Crippen LogP contribution in [0.2, 0.25) is 0 Å². The summed E-state index contributed by atoms with van der Waals surface area (Å²) in [6, 6.07) is 7.31. The second-order valence-corrected chi connectivity index (χ2v) is 7.55. The molecule has 0 N–H and O–H groups in total. The van der Waals surface area contributed by atoms with E-state index in [1.54, 1.807) is 24.7 Å². The standard InChI is InChI=1S/C23H18F3N5O3/c1-3-30-11-27-21-15(9-28-29-22(21)30)12-4-5-16(24)13(6-12)14-7-19-17(8-18(14)33-2)31(10-20(25)26)23(32)34-19/h4-9,11,20H,3,10H2,1-2H3. The number of aromatic nitrogens is 5. The molecule has 0 aliphatic rings. The first-order valence-electron chi connectivity index (χ1n) is 10.4. The minimum Gasteiger partial charge on any atom is -0.496 e. The van der Waals surface area contributed by atoms with E-state index in [4.69, 9.17) is 9.15 Å². The van der Waals surface area contributed by atoms with Gasteiger partial charge < -0.3 is 13.7 Å². The number of alkyl halides is 2. The van der Waals surface area contributed by atoms with E-state index < -0.39 is 24.5 Å². The van der Waals surface area contributed by atoms with Crippen molar-refractivity contribution < 1.29 is 22.3 Å². The maximum absolute atomic E-state index is 15.0. The van der Waals surface area contributed by atoms with Gasteiger partial charge in [0.1, 0.15) is 17.1 Å². The van der Waals surface area contributed by atoms with Crippen molar-refractivity contribution in [3.8, 4) is 28.0 Å². The molecule has 2 aromatic carbocycles. The van der Waals surface area contributed by atoms with Crippen LogP contribution in [0.15, 0.2) is 52.1 Å². The summed E-state index contributed by atoms with van der Waals surface area (Å²) in [7, 11) is 1.37. The number of ether oxygens (including phenoxy) is 1. The number of halogens is 3. The van der Waals surface area contributed by atoms with E-state index in [-0.39, 0.29) is 22.4 Å². The molecule has 0 spiro atoms. The summed E-state index contributed by atoms with van der Waals surface area (Å²) >= 11 is 0. The highest BCUT2D eigenvalue weighted by Crippen LogP contribution is 2.38. The molecule has 34 heavy (non-hydrogen) atoms. The predicted octanol–water partition coefficient (Wildman–Crippen LogP) is 4.50. The maximum Gasteiger partial charge on any atom is 0.420 e. The van der Waals surface area contributed by atoms with Crippen molar-refractivity contribution in [3.05, 3.63) is 59.2 Å². The smallest absolute Gasteiger partial charge is 0.420 e. The minimum atomic E-state index is -2.75. The average molecular weight is 469 g/mol. The molecule has 0 aliphatic heterocycles. The third-order valence-electron chi connectivity index (χ3n) is 5.62. The first-order chi connectivity index (χ1) is 16.4. The zero-order chi connectivity index (χ0) is 24.0. The molecule has 0 bridgehead atoms. The van der Waals surface area contributed by atoms with Crippen LogP contribution < -0.4 is 10.5 Å². The van der Waals surface area contributed by atoms with Gasteiger partial charge in [-0.3, -0.25) is 4.57 Å². The van der Waals surface area contributed by atoms with Crippen LogP contribution >= 0.6 is 0 Å². The number of methoxy groups -OCH3 is 1. The number of hydrogen-bond acceptors (Lipinski definition) is 6. The number of fused-ring (bicyclic) bond motifs is 2. The highest BCUT2D eigenvalue weighted by molar-refractivity contribution is 5.92. The van der Waals surface area contributed by atoms with E-state index in [2.05, 4.69) is 15.2 Å². The van der Waals surface area contributed by atoms with E-state index in [9.17, 15) is 13.6 Å². The molecule has 0 radical (unpaired) electrons. The summed E-state index contributed by atoms with van der Waals surface area (Å²) in [6.07, 6.45) is 0.465. The molecule has 0 amide bonds. The number of benzene rings is 2. The molecule has 8 nitrogen and oxygen atoms in total. The van der Waals surface area contributed by atoms with E-state index in [0.29, 0.717) is 34.4 Å². The third-order valence-corrected chi connectivity index (χ3v) is 5.62. The van der Waals surface area contributed by atoms with Gasteiger partial charge in [-0.15, -0.1) is 5.10 Å². The Morgan fingerprint density at radius 1 is 1.15 bits per heavy atom. The summed E-state index contributed by atoms with van der Waals surface area (Å²) in [6.45, 7) is 1.80. The molecule has 5 rings (SSSR count). The van der Waals surface area contributed by atoms with Gasteiger partial charge in [0.15, 0.2) is 11.2 Å². The van der Waals surface area contributed by atoms with Crippen molar-refractivity contribution in [2.45, 2.75) is 26.4 Å². The first kappa shape index (κ1) is 21.7. The number of oxazole rings is 1. The van der Waals surface area contributed by atoms with Gasteiger partial charge in [0.25, 0.3) is 6.43 Å². The van der Waals surface area contributed by atoms with Crippen molar-refractivity contribution in [2.75, 3.05) is 7.11 Å². The van der Waals surface area contributed by atoms with Crippen molar-refractivity contribution in [1.82, 2.24) is 24.3 Å². The Balaban J connectivity index is 1.69. The minimum absolute atomic E-state index is 0.0425. The number of nitrogens with zero attached hydrogens (tertiary/aromatic N) is 5. The largest absolute Gasteiger partial charge is 0.496 e. The predicted molar refractivity (Wildman–Crippen MR) is 118 cm³/mol. The molecule has 11 heteroatoms. The Kier molecular flexibility index (Phi) is 5.31. The fourth-order valence-electron chi connectivity index (χ4n) is 3.99. The molecule has 0 aliphatic carbocycles. The normalized spacial score (nSPS) is 11.7. The summed E-state index contributed by atoms with van der Waals surface area (Å²) in [4.78, 5) is 16.5. The molecule has 0 fully saturated rings. The highest BCUT2D eigenvalue weighted by atomic mass is 19.3. The van der Waals surface area contributed by atoms with Crippen LogP contribution in [0.3, 0.4) is 0 Å². The lowest BCUT2D eigenvalue weighted by Gasteiger charge is -2.12. The maximum atomic E-state index is 15.0. The molecule has 0 atom stereocenters. The topological polar surface area (TPSA) is 88.0 Å². The monoisotopic (exact) mass is 469 g/mol. The highest BCUT2D eigenvalue weighted by Gasteiger charge is 2.20. The zero-order valence-electron chi connectivity index (χ0n) is 18.1. The lowest BCUT2D eigenvalue weighted by molar-refractivity contribution is 0.125. The Hall–Kier alpha value is -4.15. The molecule has 5 aromatic rings. The van der Waals surface area contributed by atoms with Crippen LogP contribution in [0.5, 0.6) is 5.75 Å². The Morgan fingerprint density at radius 2 is 1.97 bits per heavy atom. The van der Waals surface area contributed by atoms with E-state index in [0.717, 1.165) is 4.57 Å². The van der Waals surface area contributed by atoms with Gasteiger partial charge in [0.05, 0.1) is 31.7 Å². The van der Waals surface area contributed by atoms with E-state index in [1.165, 1.54) is 25.3 Å².